The molecule has 0 saturated carbocycles. The van der Waals surface area contributed by atoms with Gasteiger partial charge in [-0.25, -0.2) is 0 Å². The summed E-state index contributed by atoms with van der Waals surface area (Å²) in [4.78, 5) is 5.10. The molecule has 0 saturated heterocycles. The van der Waals surface area contributed by atoms with Gasteiger partial charge >= 0.3 is 0 Å². The molecule has 1 heterocycles. The lowest BCUT2D eigenvalue weighted by Gasteiger charge is -2.09. The van der Waals surface area contributed by atoms with E-state index >= 15 is 0 Å². The molecule has 0 spiro atoms. The number of hydrogen-bond acceptors (Lipinski definition) is 2. The van der Waals surface area contributed by atoms with Crippen molar-refractivity contribution in [1.82, 2.24) is 5.48 Å². The van der Waals surface area contributed by atoms with Crippen LogP contribution in [0, 0.1) is 6.92 Å². The van der Waals surface area contributed by atoms with Gasteiger partial charge in [-0.15, -0.1) is 0 Å². The van der Waals surface area contributed by atoms with Crippen molar-refractivity contribution in [2.45, 2.75) is 20.3 Å². The summed E-state index contributed by atoms with van der Waals surface area (Å²) in [5.74, 6) is 0. The van der Waals surface area contributed by atoms with Gasteiger partial charge in [0.1, 0.15) is 0 Å². The number of hydroxylamine groups is 1. The van der Waals surface area contributed by atoms with Gasteiger partial charge in [-0.3, -0.25) is 10.3 Å². The lowest BCUT2D eigenvalue weighted by Crippen LogP contribution is -2.06. The van der Waals surface area contributed by atoms with Crippen LogP contribution in [0.2, 0.25) is 0 Å². The summed E-state index contributed by atoms with van der Waals surface area (Å²) < 4.78 is 0. The van der Waals surface area contributed by atoms with Crippen LogP contribution in [0.5, 0.6) is 0 Å². The Morgan fingerprint density at radius 1 is 1.43 bits per heavy atom. The molecular formula is C12H15NO. The molecule has 1 aliphatic rings. The van der Waals surface area contributed by atoms with Crippen LogP contribution in [0.1, 0.15) is 23.6 Å². The van der Waals surface area contributed by atoms with Crippen molar-refractivity contribution in [2.75, 3.05) is 6.61 Å². The van der Waals surface area contributed by atoms with E-state index in [9.17, 15) is 0 Å². The number of rotatable bonds is 2. The van der Waals surface area contributed by atoms with Crippen LogP contribution in [-0.4, -0.2) is 6.61 Å². The third kappa shape index (κ3) is 1.66. The molecule has 2 heteroatoms. The Labute approximate surface area is 84.5 Å². The molecule has 74 valence electrons. The van der Waals surface area contributed by atoms with Gasteiger partial charge in [-0.2, -0.15) is 0 Å². The van der Waals surface area contributed by atoms with E-state index in [2.05, 4.69) is 43.6 Å². The Hall–Kier alpha value is -1.28. The molecule has 0 amide bonds. The SMILES string of the molecule is CCc1cc(C)ccc1C1=CCON1. The second kappa shape index (κ2) is 3.84. The van der Waals surface area contributed by atoms with Crippen molar-refractivity contribution in [1.29, 1.82) is 0 Å². The van der Waals surface area contributed by atoms with Crippen molar-refractivity contribution in [2.24, 2.45) is 0 Å². The first-order chi connectivity index (χ1) is 6.81. The average Bonchev–Trinajstić information content (AvgIpc) is 2.70. The molecule has 14 heavy (non-hydrogen) atoms. The van der Waals surface area contributed by atoms with E-state index in [1.54, 1.807) is 0 Å². The Balaban J connectivity index is 2.41. The van der Waals surface area contributed by atoms with E-state index in [1.165, 1.54) is 16.7 Å². The molecule has 2 nitrogen and oxygen atoms in total. The average molecular weight is 189 g/mol. The summed E-state index contributed by atoms with van der Waals surface area (Å²) in [6, 6.07) is 6.52. The first-order valence-corrected chi connectivity index (χ1v) is 4.99. The minimum Gasteiger partial charge on any atom is -0.272 e. The highest BCUT2D eigenvalue weighted by Gasteiger charge is 2.10. The van der Waals surface area contributed by atoms with Crippen LogP contribution in [-0.2, 0) is 11.3 Å². The molecule has 0 fully saturated rings. The number of benzene rings is 1. The maximum absolute atomic E-state index is 5.10. The first-order valence-electron chi connectivity index (χ1n) is 4.99. The first kappa shape index (κ1) is 9.28. The maximum Gasteiger partial charge on any atom is 0.0951 e. The summed E-state index contributed by atoms with van der Waals surface area (Å²) in [6.07, 6.45) is 3.12. The molecule has 1 aromatic carbocycles. The Morgan fingerprint density at radius 3 is 2.93 bits per heavy atom. The van der Waals surface area contributed by atoms with Crippen molar-refractivity contribution in [3.63, 3.8) is 0 Å². The van der Waals surface area contributed by atoms with Gasteiger partial charge in [0.05, 0.1) is 12.3 Å². The summed E-state index contributed by atoms with van der Waals surface area (Å²) in [5, 5.41) is 0. The number of hydrogen-bond donors (Lipinski definition) is 1. The molecule has 1 aromatic rings. The van der Waals surface area contributed by atoms with E-state index in [1.807, 2.05) is 0 Å². The predicted molar refractivity (Wildman–Crippen MR) is 57.6 cm³/mol. The molecule has 0 aromatic heterocycles. The molecule has 1 N–H and O–H groups in total. The standard InChI is InChI=1S/C12H15NO/c1-3-10-8-9(2)4-5-11(10)12-6-7-14-13-12/h4-6,8,13H,3,7H2,1-2H3. The number of nitrogens with one attached hydrogen (secondary N) is 1. The second-order valence-corrected chi connectivity index (χ2v) is 3.55. The maximum atomic E-state index is 5.10. The van der Waals surface area contributed by atoms with Crippen LogP contribution in [0.3, 0.4) is 0 Å². The van der Waals surface area contributed by atoms with Crippen LogP contribution in [0.25, 0.3) is 5.70 Å². The van der Waals surface area contributed by atoms with E-state index in [4.69, 9.17) is 4.84 Å². The molecule has 0 bridgehead atoms. The van der Waals surface area contributed by atoms with Gasteiger partial charge in [0.2, 0.25) is 0 Å². The molecule has 0 atom stereocenters. The van der Waals surface area contributed by atoms with E-state index < -0.39 is 0 Å². The van der Waals surface area contributed by atoms with Gasteiger partial charge in [0.15, 0.2) is 0 Å². The van der Waals surface area contributed by atoms with Gasteiger partial charge in [-0.1, -0.05) is 30.7 Å². The highest BCUT2D eigenvalue weighted by molar-refractivity contribution is 5.67. The fourth-order valence-electron chi connectivity index (χ4n) is 1.73. The molecule has 0 aliphatic carbocycles. The summed E-state index contributed by atoms with van der Waals surface area (Å²) in [6.45, 7) is 4.96. The normalized spacial score (nSPS) is 15.1. The van der Waals surface area contributed by atoms with Crippen molar-refractivity contribution >= 4 is 5.70 Å². The van der Waals surface area contributed by atoms with Crippen molar-refractivity contribution in [3.8, 4) is 0 Å². The Bertz CT molecular complexity index is 369. The lowest BCUT2D eigenvalue weighted by atomic mass is 10.00. The van der Waals surface area contributed by atoms with Crippen LogP contribution < -0.4 is 5.48 Å². The van der Waals surface area contributed by atoms with Gasteiger partial charge in [-0.05, 0) is 25.0 Å². The van der Waals surface area contributed by atoms with E-state index in [0.29, 0.717) is 6.61 Å². The monoisotopic (exact) mass is 189 g/mol. The summed E-state index contributed by atoms with van der Waals surface area (Å²) in [7, 11) is 0. The van der Waals surface area contributed by atoms with E-state index in [-0.39, 0.29) is 0 Å². The quantitative estimate of drug-likeness (QED) is 0.771. The minimum absolute atomic E-state index is 0.659. The second-order valence-electron chi connectivity index (χ2n) is 3.55. The highest BCUT2D eigenvalue weighted by Crippen LogP contribution is 2.21. The lowest BCUT2D eigenvalue weighted by molar-refractivity contribution is 0.121. The van der Waals surface area contributed by atoms with Gasteiger partial charge in [0.25, 0.3) is 0 Å². The molecule has 2 rings (SSSR count). The molecular weight excluding hydrogens is 174 g/mol. The number of aryl methyl sites for hydroxylation is 2. The molecule has 1 aliphatic heterocycles. The summed E-state index contributed by atoms with van der Waals surface area (Å²) in [5.41, 5.74) is 7.97. The van der Waals surface area contributed by atoms with Crippen LogP contribution >= 0.6 is 0 Å². The zero-order valence-electron chi connectivity index (χ0n) is 8.63. The summed E-state index contributed by atoms with van der Waals surface area (Å²) >= 11 is 0. The highest BCUT2D eigenvalue weighted by atomic mass is 16.6. The van der Waals surface area contributed by atoms with Crippen molar-refractivity contribution in [3.05, 3.63) is 41.0 Å². The minimum atomic E-state index is 0.659. The van der Waals surface area contributed by atoms with Crippen LogP contribution in [0.4, 0.5) is 0 Å². The van der Waals surface area contributed by atoms with Crippen LogP contribution in [0.15, 0.2) is 24.3 Å². The van der Waals surface area contributed by atoms with Gasteiger partial charge < -0.3 is 0 Å². The third-order valence-corrected chi connectivity index (χ3v) is 2.48. The zero-order valence-corrected chi connectivity index (χ0v) is 8.63. The van der Waals surface area contributed by atoms with E-state index in [0.717, 1.165) is 12.1 Å². The third-order valence-electron chi connectivity index (χ3n) is 2.48. The Kier molecular flexibility index (Phi) is 2.55. The molecule has 0 radical (unpaired) electrons. The fourth-order valence-corrected chi connectivity index (χ4v) is 1.73. The molecule has 0 unspecified atom stereocenters. The van der Waals surface area contributed by atoms with Crippen molar-refractivity contribution < 1.29 is 4.84 Å². The predicted octanol–water partition coefficient (Wildman–Crippen LogP) is 2.43. The smallest absolute Gasteiger partial charge is 0.0951 e. The fraction of sp³-hybridized carbons (Fsp3) is 0.333. The largest absolute Gasteiger partial charge is 0.272 e. The topological polar surface area (TPSA) is 21.3 Å². The Morgan fingerprint density at radius 2 is 2.29 bits per heavy atom. The van der Waals surface area contributed by atoms with Gasteiger partial charge in [0, 0.05) is 5.56 Å². The zero-order chi connectivity index (χ0) is 9.97.